The SMILES string of the molecule is Cn1c2c(c3cc(Br)ccc31)=CCCNC=2. The topological polar surface area (TPSA) is 17.0 Å². The van der Waals surface area contributed by atoms with Crippen molar-refractivity contribution >= 4 is 39.1 Å². The van der Waals surface area contributed by atoms with Crippen molar-refractivity contribution in [2.45, 2.75) is 6.42 Å². The molecule has 0 saturated heterocycles. The number of nitrogens with one attached hydrogen (secondary N) is 1. The molecule has 1 aromatic carbocycles. The standard InChI is InChI=1S/C13H13BrN2/c1-16-12-5-4-9(14)7-11(12)10-3-2-6-15-8-13(10)16/h3-5,7-8,15H,2,6H2,1H3. The van der Waals surface area contributed by atoms with Crippen molar-refractivity contribution in [3.63, 3.8) is 0 Å². The molecule has 1 aliphatic heterocycles. The van der Waals surface area contributed by atoms with E-state index in [-0.39, 0.29) is 0 Å². The molecule has 0 radical (unpaired) electrons. The number of aromatic nitrogens is 1. The van der Waals surface area contributed by atoms with Crippen molar-refractivity contribution in [3.05, 3.63) is 33.2 Å². The van der Waals surface area contributed by atoms with Crippen LogP contribution in [0.4, 0.5) is 0 Å². The number of nitrogens with zero attached hydrogens (tertiary/aromatic N) is 1. The number of hydrogen-bond acceptors (Lipinski definition) is 1. The Labute approximate surface area is 102 Å². The fourth-order valence-electron chi connectivity index (χ4n) is 2.32. The second-order valence-corrected chi connectivity index (χ2v) is 5.03. The number of halogens is 1. The molecule has 1 aromatic heterocycles. The zero-order valence-electron chi connectivity index (χ0n) is 9.13. The van der Waals surface area contributed by atoms with Gasteiger partial charge in [0.25, 0.3) is 0 Å². The van der Waals surface area contributed by atoms with E-state index in [0.717, 1.165) is 17.4 Å². The van der Waals surface area contributed by atoms with Gasteiger partial charge in [0.15, 0.2) is 0 Å². The van der Waals surface area contributed by atoms with Gasteiger partial charge in [0.05, 0.1) is 5.35 Å². The Morgan fingerprint density at radius 2 is 2.25 bits per heavy atom. The Bertz CT molecular complexity index is 667. The molecular weight excluding hydrogens is 264 g/mol. The maximum Gasteiger partial charge on any atom is 0.0645 e. The minimum absolute atomic E-state index is 1.02. The fraction of sp³-hybridized carbons (Fsp3) is 0.231. The summed E-state index contributed by atoms with van der Waals surface area (Å²) in [5.74, 6) is 0. The van der Waals surface area contributed by atoms with E-state index in [1.807, 2.05) is 0 Å². The van der Waals surface area contributed by atoms with Gasteiger partial charge in [0.1, 0.15) is 0 Å². The molecule has 2 nitrogen and oxygen atoms in total. The van der Waals surface area contributed by atoms with Gasteiger partial charge < -0.3 is 9.88 Å². The van der Waals surface area contributed by atoms with Crippen LogP contribution >= 0.6 is 15.9 Å². The van der Waals surface area contributed by atoms with E-state index in [2.05, 4.69) is 63.3 Å². The zero-order chi connectivity index (χ0) is 11.1. The van der Waals surface area contributed by atoms with Crippen molar-refractivity contribution in [2.75, 3.05) is 6.54 Å². The maximum absolute atomic E-state index is 3.54. The van der Waals surface area contributed by atoms with Crippen LogP contribution in [0.1, 0.15) is 6.42 Å². The summed E-state index contributed by atoms with van der Waals surface area (Å²) < 4.78 is 3.38. The Balaban J connectivity index is 2.57. The molecule has 3 heteroatoms. The summed E-state index contributed by atoms with van der Waals surface area (Å²) in [4.78, 5) is 0. The van der Waals surface area contributed by atoms with E-state index in [9.17, 15) is 0 Å². The summed E-state index contributed by atoms with van der Waals surface area (Å²) in [6, 6.07) is 6.45. The van der Waals surface area contributed by atoms with Gasteiger partial charge in [-0.05, 0) is 24.6 Å². The van der Waals surface area contributed by atoms with Crippen LogP contribution < -0.4 is 15.9 Å². The lowest BCUT2D eigenvalue weighted by Crippen LogP contribution is -2.28. The summed E-state index contributed by atoms with van der Waals surface area (Å²) in [6.45, 7) is 1.02. The highest BCUT2D eigenvalue weighted by atomic mass is 79.9. The van der Waals surface area contributed by atoms with Crippen LogP contribution in [-0.4, -0.2) is 11.1 Å². The summed E-state index contributed by atoms with van der Waals surface area (Å²) in [7, 11) is 2.12. The summed E-state index contributed by atoms with van der Waals surface area (Å²) in [6.07, 6.45) is 5.52. The predicted octanol–water partition coefficient (Wildman–Crippen LogP) is 1.45. The Morgan fingerprint density at radius 3 is 3.12 bits per heavy atom. The van der Waals surface area contributed by atoms with Gasteiger partial charge in [0.2, 0.25) is 0 Å². The van der Waals surface area contributed by atoms with Crippen molar-refractivity contribution in [2.24, 2.45) is 7.05 Å². The van der Waals surface area contributed by atoms with Crippen LogP contribution in [0.25, 0.3) is 23.2 Å². The van der Waals surface area contributed by atoms with Gasteiger partial charge >= 0.3 is 0 Å². The Morgan fingerprint density at radius 1 is 1.38 bits per heavy atom. The fourth-order valence-corrected chi connectivity index (χ4v) is 2.68. The predicted molar refractivity (Wildman–Crippen MR) is 71.4 cm³/mol. The Hall–Kier alpha value is -1.22. The van der Waals surface area contributed by atoms with Crippen LogP contribution in [0.2, 0.25) is 0 Å². The van der Waals surface area contributed by atoms with Crippen molar-refractivity contribution in [3.8, 4) is 0 Å². The van der Waals surface area contributed by atoms with Gasteiger partial charge in [-0.3, -0.25) is 0 Å². The normalized spacial score (nSPS) is 14.6. The first kappa shape index (κ1) is 9.97. The van der Waals surface area contributed by atoms with Gasteiger partial charge in [-0.2, -0.15) is 0 Å². The molecular formula is C13H13BrN2. The molecule has 16 heavy (non-hydrogen) atoms. The minimum Gasteiger partial charge on any atom is -0.389 e. The van der Waals surface area contributed by atoms with E-state index in [1.54, 1.807) is 0 Å². The second kappa shape index (κ2) is 3.67. The van der Waals surface area contributed by atoms with Crippen molar-refractivity contribution in [1.29, 1.82) is 0 Å². The molecule has 0 amide bonds. The minimum atomic E-state index is 1.02. The molecule has 82 valence electrons. The molecule has 1 aliphatic rings. The molecule has 0 atom stereocenters. The summed E-state index contributed by atoms with van der Waals surface area (Å²) >= 11 is 3.54. The molecule has 0 aliphatic carbocycles. The monoisotopic (exact) mass is 276 g/mol. The second-order valence-electron chi connectivity index (χ2n) is 4.11. The Kier molecular flexibility index (Phi) is 2.28. The molecule has 0 spiro atoms. The molecule has 3 rings (SSSR count). The van der Waals surface area contributed by atoms with E-state index in [1.165, 1.54) is 21.5 Å². The van der Waals surface area contributed by atoms with Crippen LogP contribution in [0.3, 0.4) is 0 Å². The molecule has 0 saturated carbocycles. The van der Waals surface area contributed by atoms with Crippen LogP contribution in [0, 0.1) is 0 Å². The average Bonchev–Trinajstić information content (AvgIpc) is 2.47. The summed E-state index contributed by atoms with van der Waals surface area (Å²) in [5.41, 5.74) is 1.28. The molecule has 0 bridgehead atoms. The lowest BCUT2D eigenvalue weighted by atomic mass is 10.2. The van der Waals surface area contributed by atoms with E-state index < -0.39 is 0 Å². The maximum atomic E-state index is 3.54. The zero-order valence-corrected chi connectivity index (χ0v) is 10.7. The van der Waals surface area contributed by atoms with Gasteiger partial charge in [0, 0.05) is 40.4 Å². The quantitative estimate of drug-likeness (QED) is 0.771. The average molecular weight is 277 g/mol. The third-order valence-corrected chi connectivity index (χ3v) is 3.62. The molecule has 2 heterocycles. The van der Waals surface area contributed by atoms with Crippen molar-refractivity contribution < 1.29 is 0 Å². The lowest BCUT2D eigenvalue weighted by molar-refractivity contribution is 0.888. The first-order valence-corrected chi connectivity index (χ1v) is 6.24. The highest BCUT2D eigenvalue weighted by Gasteiger charge is 2.06. The molecule has 2 aromatic rings. The van der Waals surface area contributed by atoms with Gasteiger partial charge in [-0.25, -0.2) is 0 Å². The molecule has 1 N–H and O–H groups in total. The number of aryl methyl sites for hydroxylation is 1. The van der Waals surface area contributed by atoms with Crippen LogP contribution in [0.5, 0.6) is 0 Å². The highest BCUT2D eigenvalue weighted by molar-refractivity contribution is 9.10. The van der Waals surface area contributed by atoms with Gasteiger partial charge in [-0.1, -0.05) is 22.0 Å². The van der Waals surface area contributed by atoms with Crippen molar-refractivity contribution in [1.82, 2.24) is 9.88 Å². The number of benzene rings is 1. The summed E-state index contributed by atoms with van der Waals surface area (Å²) in [5, 5.41) is 7.28. The van der Waals surface area contributed by atoms with E-state index in [4.69, 9.17) is 0 Å². The molecule has 0 unspecified atom stereocenters. The smallest absolute Gasteiger partial charge is 0.0645 e. The van der Waals surface area contributed by atoms with Crippen LogP contribution in [-0.2, 0) is 7.05 Å². The third kappa shape index (κ3) is 1.39. The largest absolute Gasteiger partial charge is 0.389 e. The number of hydrogen-bond donors (Lipinski definition) is 1. The third-order valence-electron chi connectivity index (χ3n) is 3.12. The molecule has 0 fully saturated rings. The first-order valence-electron chi connectivity index (χ1n) is 5.45. The lowest BCUT2D eigenvalue weighted by Gasteiger charge is -1.98. The highest BCUT2D eigenvalue weighted by Crippen LogP contribution is 2.16. The van der Waals surface area contributed by atoms with E-state index in [0.29, 0.717) is 0 Å². The first-order chi connectivity index (χ1) is 7.77. The van der Waals surface area contributed by atoms with E-state index >= 15 is 0 Å². The van der Waals surface area contributed by atoms with Gasteiger partial charge in [-0.15, -0.1) is 0 Å². The number of fused-ring (bicyclic) bond motifs is 3. The number of rotatable bonds is 0. The van der Waals surface area contributed by atoms with Crippen LogP contribution in [0.15, 0.2) is 22.7 Å².